The first-order chi connectivity index (χ1) is 11.8. The van der Waals surface area contributed by atoms with Gasteiger partial charge in [0.2, 0.25) is 0 Å². The summed E-state index contributed by atoms with van der Waals surface area (Å²) in [6.45, 7) is 0.541. The van der Waals surface area contributed by atoms with E-state index in [1.54, 1.807) is 0 Å². The van der Waals surface area contributed by atoms with Crippen molar-refractivity contribution in [3.8, 4) is 0 Å². The topological polar surface area (TPSA) is 50.4 Å². The Morgan fingerprint density at radius 2 is 1.54 bits per heavy atom. The largest absolute Gasteiger partial charge is 0.346 e. The third-order valence-electron chi connectivity index (χ3n) is 4.03. The standard InChI is InChI=1S/C20H22N2O2/c23-20(17-9-5-2-6-10-17)21-18-11-13-19(14-12-18)22-24-15-16-7-3-1-4-8-16/h1-11,13,18-19,22H,12,14-15H2,(H,21,23)/t18-,19+/m1/s1. The van der Waals surface area contributed by atoms with Crippen molar-refractivity contribution in [2.24, 2.45) is 0 Å². The molecule has 0 saturated heterocycles. The number of rotatable bonds is 6. The molecule has 2 aromatic carbocycles. The Morgan fingerprint density at radius 3 is 2.21 bits per heavy atom. The van der Waals surface area contributed by atoms with E-state index >= 15 is 0 Å². The second-order valence-corrected chi connectivity index (χ2v) is 5.91. The predicted molar refractivity (Wildman–Crippen MR) is 94.2 cm³/mol. The highest BCUT2D eigenvalue weighted by Crippen LogP contribution is 2.13. The molecule has 24 heavy (non-hydrogen) atoms. The van der Waals surface area contributed by atoms with E-state index in [4.69, 9.17) is 4.84 Å². The van der Waals surface area contributed by atoms with E-state index in [9.17, 15) is 4.79 Å². The lowest BCUT2D eigenvalue weighted by Gasteiger charge is -2.24. The van der Waals surface area contributed by atoms with Gasteiger partial charge in [0.1, 0.15) is 0 Å². The SMILES string of the molecule is O=C(N[C@@H]1C=C[C@H](NOCc2ccccc2)CC1)c1ccccc1. The summed E-state index contributed by atoms with van der Waals surface area (Å²) in [4.78, 5) is 17.7. The van der Waals surface area contributed by atoms with Crippen LogP contribution in [0.25, 0.3) is 0 Å². The first kappa shape index (κ1) is 16.4. The quantitative estimate of drug-likeness (QED) is 0.634. The van der Waals surface area contributed by atoms with Gasteiger partial charge in [0.15, 0.2) is 0 Å². The van der Waals surface area contributed by atoms with E-state index in [0.717, 1.165) is 18.4 Å². The highest BCUT2D eigenvalue weighted by molar-refractivity contribution is 5.94. The molecule has 0 bridgehead atoms. The predicted octanol–water partition coefficient (Wildman–Crippen LogP) is 3.23. The highest BCUT2D eigenvalue weighted by atomic mass is 16.6. The van der Waals surface area contributed by atoms with Crippen LogP contribution in [0, 0.1) is 0 Å². The van der Waals surface area contributed by atoms with Crippen molar-refractivity contribution in [3.05, 3.63) is 83.9 Å². The third kappa shape index (κ3) is 4.78. The van der Waals surface area contributed by atoms with Crippen molar-refractivity contribution in [1.29, 1.82) is 0 Å². The van der Waals surface area contributed by atoms with Gasteiger partial charge >= 0.3 is 0 Å². The number of hydrogen-bond acceptors (Lipinski definition) is 3. The molecular weight excluding hydrogens is 300 g/mol. The Labute approximate surface area is 142 Å². The molecule has 0 unspecified atom stereocenters. The number of carbonyl (C=O) groups is 1. The number of hydrogen-bond donors (Lipinski definition) is 2. The lowest BCUT2D eigenvalue weighted by atomic mass is 9.99. The zero-order valence-corrected chi connectivity index (χ0v) is 13.5. The van der Waals surface area contributed by atoms with Crippen LogP contribution in [0.2, 0.25) is 0 Å². The van der Waals surface area contributed by atoms with Crippen molar-refractivity contribution in [2.45, 2.75) is 31.5 Å². The molecule has 4 nitrogen and oxygen atoms in total. The molecule has 1 amide bonds. The monoisotopic (exact) mass is 322 g/mol. The maximum atomic E-state index is 12.1. The fourth-order valence-corrected chi connectivity index (χ4v) is 2.69. The third-order valence-corrected chi connectivity index (χ3v) is 4.03. The average Bonchev–Trinajstić information content (AvgIpc) is 2.65. The fourth-order valence-electron chi connectivity index (χ4n) is 2.69. The molecule has 0 heterocycles. The van der Waals surface area contributed by atoms with Gasteiger partial charge in [0.05, 0.1) is 12.6 Å². The summed E-state index contributed by atoms with van der Waals surface area (Å²) in [6, 6.07) is 19.6. The summed E-state index contributed by atoms with van der Waals surface area (Å²) in [6.07, 6.45) is 5.91. The molecule has 1 aliphatic carbocycles. The van der Waals surface area contributed by atoms with E-state index in [2.05, 4.69) is 16.9 Å². The van der Waals surface area contributed by atoms with E-state index in [0.29, 0.717) is 12.2 Å². The molecular formula is C20H22N2O2. The van der Waals surface area contributed by atoms with Gasteiger partial charge < -0.3 is 5.32 Å². The lowest BCUT2D eigenvalue weighted by molar-refractivity contribution is 0.0103. The Balaban J connectivity index is 1.42. The van der Waals surface area contributed by atoms with E-state index in [-0.39, 0.29) is 18.0 Å². The van der Waals surface area contributed by atoms with Gasteiger partial charge in [-0.3, -0.25) is 9.63 Å². The number of nitrogens with one attached hydrogen (secondary N) is 2. The van der Waals surface area contributed by atoms with Gasteiger partial charge in [-0.1, -0.05) is 60.7 Å². The lowest BCUT2D eigenvalue weighted by Crippen LogP contribution is -2.38. The van der Waals surface area contributed by atoms with Crippen LogP contribution >= 0.6 is 0 Å². The van der Waals surface area contributed by atoms with Gasteiger partial charge in [0, 0.05) is 11.6 Å². The maximum Gasteiger partial charge on any atom is 0.251 e. The maximum absolute atomic E-state index is 12.1. The fraction of sp³-hybridized carbons (Fsp3) is 0.250. The smallest absolute Gasteiger partial charge is 0.251 e. The van der Waals surface area contributed by atoms with Crippen LogP contribution in [0.15, 0.2) is 72.8 Å². The summed E-state index contributed by atoms with van der Waals surface area (Å²) in [5.74, 6) is -0.0306. The van der Waals surface area contributed by atoms with Crippen molar-refractivity contribution >= 4 is 5.91 Å². The number of carbonyl (C=O) groups excluding carboxylic acids is 1. The molecule has 0 spiro atoms. The number of amides is 1. The molecule has 1 aliphatic rings. The van der Waals surface area contributed by atoms with Crippen LogP contribution in [0.3, 0.4) is 0 Å². The van der Waals surface area contributed by atoms with Crippen LogP contribution in [-0.2, 0) is 11.4 Å². The minimum Gasteiger partial charge on any atom is -0.346 e. The Morgan fingerprint density at radius 1 is 0.917 bits per heavy atom. The molecule has 2 aromatic rings. The van der Waals surface area contributed by atoms with E-state index in [1.165, 1.54) is 0 Å². The van der Waals surface area contributed by atoms with Gasteiger partial charge in [0.25, 0.3) is 5.91 Å². The van der Waals surface area contributed by atoms with Gasteiger partial charge in [-0.15, -0.1) is 0 Å². The van der Waals surface area contributed by atoms with Crippen molar-refractivity contribution in [1.82, 2.24) is 10.8 Å². The van der Waals surface area contributed by atoms with Crippen LogP contribution in [-0.4, -0.2) is 18.0 Å². The first-order valence-electron chi connectivity index (χ1n) is 8.27. The van der Waals surface area contributed by atoms with Crippen molar-refractivity contribution in [2.75, 3.05) is 0 Å². The summed E-state index contributed by atoms with van der Waals surface area (Å²) in [7, 11) is 0. The summed E-state index contributed by atoms with van der Waals surface area (Å²) < 4.78 is 0. The molecule has 4 heteroatoms. The number of benzene rings is 2. The van der Waals surface area contributed by atoms with Crippen LogP contribution in [0.4, 0.5) is 0 Å². The summed E-state index contributed by atoms with van der Waals surface area (Å²) in [5, 5.41) is 3.04. The normalized spacial score (nSPS) is 19.8. The second kappa shape index (κ2) is 8.43. The number of hydroxylamine groups is 1. The molecule has 0 radical (unpaired) electrons. The van der Waals surface area contributed by atoms with Gasteiger partial charge in [-0.05, 0) is 30.5 Å². The summed E-state index contributed by atoms with van der Waals surface area (Å²) in [5.41, 5.74) is 4.90. The molecule has 0 saturated carbocycles. The zero-order valence-electron chi connectivity index (χ0n) is 13.5. The van der Waals surface area contributed by atoms with E-state index < -0.39 is 0 Å². The first-order valence-corrected chi connectivity index (χ1v) is 8.27. The molecule has 0 fully saturated rings. The molecule has 2 atom stereocenters. The van der Waals surface area contributed by atoms with Crippen LogP contribution < -0.4 is 10.8 Å². The van der Waals surface area contributed by atoms with Crippen LogP contribution in [0.5, 0.6) is 0 Å². The minimum absolute atomic E-state index is 0.0306. The van der Waals surface area contributed by atoms with Gasteiger partial charge in [-0.25, -0.2) is 0 Å². The molecule has 0 aromatic heterocycles. The molecule has 124 valence electrons. The van der Waals surface area contributed by atoms with Crippen molar-refractivity contribution < 1.29 is 9.63 Å². The molecule has 3 rings (SSSR count). The Hall–Kier alpha value is -2.43. The second-order valence-electron chi connectivity index (χ2n) is 5.91. The molecule has 2 N–H and O–H groups in total. The van der Waals surface area contributed by atoms with E-state index in [1.807, 2.05) is 66.7 Å². The van der Waals surface area contributed by atoms with Crippen LogP contribution in [0.1, 0.15) is 28.8 Å². The zero-order chi connectivity index (χ0) is 16.6. The highest BCUT2D eigenvalue weighted by Gasteiger charge is 2.17. The Bertz CT molecular complexity index is 671. The Kier molecular flexibility index (Phi) is 5.77. The van der Waals surface area contributed by atoms with Crippen molar-refractivity contribution in [3.63, 3.8) is 0 Å². The van der Waals surface area contributed by atoms with Gasteiger partial charge in [-0.2, -0.15) is 5.48 Å². The molecule has 0 aliphatic heterocycles. The average molecular weight is 322 g/mol. The summed E-state index contributed by atoms with van der Waals surface area (Å²) >= 11 is 0. The minimum atomic E-state index is -0.0306.